The third-order valence-corrected chi connectivity index (χ3v) is 5.10. The first-order valence-corrected chi connectivity index (χ1v) is 12.5. The summed E-state index contributed by atoms with van der Waals surface area (Å²) in [4.78, 5) is 84.3. The first-order valence-electron chi connectivity index (χ1n) is 12.5. The van der Waals surface area contributed by atoms with E-state index in [1.165, 1.54) is 0 Å². The topological polar surface area (TPSA) is 219 Å². The molecule has 2 amide bonds. The highest BCUT2D eigenvalue weighted by Crippen LogP contribution is 2.28. The van der Waals surface area contributed by atoms with Crippen molar-refractivity contribution in [3.8, 4) is 0 Å². The Morgan fingerprint density at radius 3 is 1.78 bits per heavy atom. The van der Waals surface area contributed by atoms with Crippen molar-refractivity contribution in [2.45, 2.75) is 104 Å². The Hall–Kier alpha value is -3.79. The minimum atomic E-state index is -2.33. The fourth-order valence-corrected chi connectivity index (χ4v) is 3.67. The van der Waals surface area contributed by atoms with Crippen LogP contribution >= 0.6 is 0 Å². The van der Waals surface area contributed by atoms with Crippen LogP contribution in [0.15, 0.2) is 0 Å². The molecule has 0 radical (unpaired) electrons. The second kappa shape index (κ2) is 14.7. The van der Waals surface area contributed by atoms with E-state index in [1.54, 1.807) is 20.8 Å². The first kappa shape index (κ1) is 35.2. The number of nitrogens with one attached hydrogen (secondary N) is 2. The lowest BCUT2D eigenvalue weighted by atomic mass is 9.96. The van der Waals surface area contributed by atoms with Gasteiger partial charge in [-0.25, -0.2) is 0 Å². The van der Waals surface area contributed by atoms with E-state index in [4.69, 9.17) is 28.4 Å². The maximum Gasteiger partial charge on any atom is 0.325 e. The second-order valence-corrected chi connectivity index (χ2v) is 10.4. The summed E-state index contributed by atoms with van der Waals surface area (Å²) in [5, 5.41) is 15.1. The van der Waals surface area contributed by atoms with Gasteiger partial charge >= 0.3 is 29.8 Å². The molecular formula is C25H38N2O14. The SMILES string of the molecule is CC(=O)OC[C@H]1O[C@@H](NC(=O)C[C@](C)(O)C(=O)NCC(=O)OC(C)(C)C)[C@H](OC(C)=O)[C@@H](OC(C)=O)[C@@H]1OC(C)=O. The fraction of sp³-hybridized carbons (Fsp3) is 0.720. The maximum absolute atomic E-state index is 12.9. The van der Waals surface area contributed by atoms with Gasteiger partial charge in [0, 0.05) is 27.7 Å². The molecule has 0 unspecified atom stereocenters. The Labute approximate surface area is 236 Å². The quantitative estimate of drug-likeness (QED) is 0.190. The molecule has 16 heteroatoms. The van der Waals surface area contributed by atoms with Crippen molar-refractivity contribution in [3.63, 3.8) is 0 Å². The van der Waals surface area contributed by atoms with Crippen molar-refractivity contribution in [1.82, 2.24) is 10.6 Å². The van der Waals surface area contributed by atoms with E-state index in [0.717, 1.165) is 34.6 Å². The van der Waals surface area contributed by atoms with Gasteiger partial charge in [-0.15, -0.1) is 0 Å². The predicted octanol–water partition coefficient (Wildman–Crippen LogP) is -1.22. The first-order chi connectivity index (χ1) is 18.7. The molecule has 3 N–H and O–H groups in total. The van der Waals surface area contributed by atoms with Gasteiger partial charge in [0.05, 0.1) is 6.42 Å². The summed E-state index contributed by atoms with van der Waals surface area (Å²) in [6.45, 7) is 9.01. The number of esters is 5. The maximum atomic E-state index is 12.9. The number of rotatable bonds is 11. The highest BCUT2D eigenvalue weighted by Gasteiger charge is 2.53. The number of hydrogen-bond donors (Lipinski definition) is 3. The number of ether oxygens (including phenoxy) is 6. The summed E-state index contributed by atoms with van der Waals surface area (Å²) >= 11 is 0. The summed E-state index contributed by atoms with van der Waals surface area (Å²) in [6, 6.07) is 0. The molecule has 0 aromatic rings. The van der Waals surface area contributed by atoms with Crippen molar-refractivity contribution in [1.29, 1.82) is 0 Å². The normalized spacial score (nSPS) is 23.6. The number of carbonyl (C=O) groups excluding carboxylic acids is 7. The van der Waals surface area contributed by atoms with Crippen LogP contribution < -0.4 is 10.6 Å². The van der Waals surface area contributed by atoms with Crippen molar-refractivity contribution < 1.29 is 67.1 Å². The molecule has 0 aromatic heterocycles. The largest absolute Gasteiger partial charge is 0.463 e. The number of hydrogen-bond acceptors (Lipinski definition) is 14. The molecule has 0 bridgehead atoms. The molecule has 1 aliphatic heterocycles. The average Bonchev–Trinajstić information content (AvgIpc) is 2.77. The van der Waals surface area contributed by atoms with Crippen LogP contribution in [-0.4, -0.2) is 102 Å². The van der Waals surface area contributed by atoms with E-state index in [9.17, 15) is 38.7 Å². The van der Waals surface area contributed by atoms with E-state index in [2.05, 4.69) is 10.6 Å². The minimum absolute atomic E-state index is 0.519. The molecule has 0 aromatic carbocycles. The fourth-order valence-electron chi connectivity index (χ4n) is 3.67. The summed E-state index contributed by atoms with van der Waals surface area (Å²) in [5.41, 5.74) is -3.14. The van der Waals surface area contributed by atoms with Gasteiger partial charge < -0.3 is 44.2 Å². The molecule has 1 fully saturated rings. The Morgan fingerprint density at radius 1 is 0.780 bits per heavy atom. The van der Waals surface area contributed by atoms with E-state index in [1.807, 2.05) is 0 Å². The van der Waals surface area contributed by atoms with Gasteiger partial charge in [-0.2, -0.15) is 0 Å². The molecule has 0 aliphatic carbocycles. The van der Waals surface area contributed by atoms with Gasteiger partial charge in [0.2, 0.25) is 5.91 Å². The van der Waals surface area contributed by atoms with Crippen LogP contribution in [0.5, 0.6) is 0 Å². The number of carbonyl (C=O) groups is 7. The van der Waals surface area contributed by atoms with Gasteiger partial charge in [0.1, 0.15) is 30.5 Å². The van der Waals surface area contributed by atoms with Crippen LogP contribution in [-0.2, 0) is 62.0 Å². The zero-order valence-electron chi connectivity index (χ0n) is 24.3. The third-order valence-electron chi connectivity index (χ3n) is 5.10. The van der Waals surface area contributed by atoms with Gasteiger partial charge in [0.15, 0.2) is 24.5 Å². The van der Waals surface area contributed by atoms with Gasteiger partial charge in [0.25, 0.3) is 5.91 Å². The van der Waals surface area contributed by atoms with E-state index >= 15 is 0 Å². The van der Waals surface area contributed by atoms with E-state index < -0.39 is 103 Å². The van der Waals surface area contributed by atoms with Crippen molar-refractivity contribution in [2.24, 2.45) is 0 Å². The molecule has 1 heterocycles. The van der Waals surface area contributed by atoms with Crippen LogP contribution in [0.2, 0.25) is 0 Å². The van der Waals surface area contributed by atoms with E-state index in [-0.39, 0.29) is 0 Å². The van der Waals surface area contributed by atoms with Gasteiger partial charge in [-0.05, 0) is 27.7 Å². The van der Waals surface area contributed by atoms with Gasteiger partial charge in [-0.3, -0.25) is 33.6 Å². The number of aliphatic hydroxyl groups is 1. The Morgan fingerprint density at radius 2 is 1.29 bits per heavy atom. The predicted molar refractivity (Wildman–Crippen MR) is 134 cm³/mol. The summed E-state index contributed by atoms with van der Waals surface area (Å²) in [5.74, 6) is -6.15. The van der Waals surface area contributed by atoms with Crippen LogP contribution in [0.1, 0.15) is 61.8 Å². The molecule has 1 rings (SSSR count). The third kappa shape index (κ3) is 12.5. The Balaban J connectivity index is 3.18. The molecule has 41 heavy (non-hydrogen) atoms. The summed E-state index contributed by atoms with van der Waals surface area (Å²) in [7, 11) is 0. The molecule has 0 saturated carbocycles. The lowest BCUT2D eigenvalue weighted by Gasteiger charge is -2.44. The van der Waals surface area contributed by atoms with Crippen LogP contribution in [0, 0.1) is 0 Å². The summed E-state index contributed by atoms with van der Waals surface area (Å²) < 4.78 is 31.5. The highest BCUT2D eigenvalue weighted by atomic mass is 16.7. The average molecular weight is 591 g/mol. The van der Waals surface area contributed by atoms with Crippen LogP contribution in [0.4, 0.5) is 0 Å². The smallest absolute Gasteiger partial charge is 0.325 e. The van der Waals surface area contributed by atoms with Crippen LogP contribution in [0.3, 0.4) is 0 Å². The second-order valence-electron chi connectivity index (χ2n) is 10.4. The van der Waals surface area contributed by atoms with Gasteiger partial charge in [-0.1, -0.05) is 0 Å². The standard InChI is InChI=1S/C25H38N2O14/c1-12(28)36-11-16-19(37-13(2)29)20(38-14(3)30)21(39-15(4)31)22(40-16)27-17(32)9-25(8,35)23(34)26-10-18(33)41-24(5,6)7/h16,19-22,35H,9-11H2,1-8H3,(H,26,34)(H,27,32)/t16-,19-,20+,21-,22-,25+/m1/s1. The highest BCUT2D eigenvalue weighted by molar-refractivity contribution is 5.92. The molecule has 16 nitrogen and oxygen atoms in total. The lowest BCUT2D eigenvalue weighted by Crippen LogP contribution is -2.66. The minimum Gasteiger partial charge on any atom is -0.463 e. The molecule has 0 spiro atoms. The van der Waals surface area contributed by atoms with Crippen LogP contribution in [0.25, 0.3) is 0 Å². The molecular weight excluding hydrogens is 552 g/mol. The zero-order chi connectivity index (χ0) is 31.7. The zero-order valence-corrected chi connectivity index (χ0v) is 24.3. The van der Waals surface area contributed by atoms with E-state index in [0.29, 0.717) is 0 Å². The summed E-state index contributed by atoms with van der Waals surface area (Å²) in [6.07, 6.45) is -8.32. The molecule has 232 valence electrons. The Kier molecular flexibility index (Phi) is 12.7. The lowest BCUT2D eigenvalue weighted by molar-refractivity contribution is -0.257. The monoisotopic (exact) mass is 590 g/mol. The van der Waals surface area contributed by atoms with Crippen molar-refractivity contribution in [2.75, 3.05) is 13.2 Å². The number of amides is 2. The Bertz CT molecular complexity index is 1020. The molecule has 1 saturated heterocycles. The van der Waals surface area contributed by atoms with Crippen molar-refractivity contribution in [3.05, 3.63) is 0 Å². The molecule has 6 atom stereocenters. The van der Waals surface area contributed by atoms with Crippen molar-refractivity contribution >= 4 is 41.7 Å². The molecule has 1 aliphatic rings.